The van der Waals surface area contributed by atoms with Crippen molar-refractivity contribution in [3.8, 4) is 0 Å². The number of fused-ring (bicyclic) bond motifs is 1. The monoisotopic (exact) mass is 395 g/mol. The van der Waals surface area contributed by atoms with Gasteiger partial charge in [-0.05, 0) is 80.3 Å². The van der Waals surface area contributed by atoms with E-state index in [0.29, 0.717) is 5.92 Å². The van der Waals surface area contributed by atoms with E-state index < -0.39 is 0 Å². The van der Waals surface area contributed by atoms with Gasteiger partial charge < -0.3 is 14.8 Å². The number of aromatic nitrogens is 1. The summed E-state index contributed by atoms with van der Waals surface area (Å²) in [6, 6.07) is 8.90. The molecule has 4 heteroatoms. The molecule has 1 atom stereocenters. The van der Waals surface area contributed by atoms with E-state index in [9.17, 15) is 4.79 Å². The molecular formula is C25H37N3O. The molecule has 29 heavy (non-hydrogen) atoms. The zero-order chi connectivity index (χ0) is 20.2. The molecule has 1 aliphatic carbocycles. The summed E-state index contributed by atoms with van der Waals surface area (Å²) in [7, 11) is 2.23. The van der Waals surface area contributed by atoms with E-state index in [1.165, 1.54) is 82.2 Å². The van der Waals surface area contributed by atoms with E-state index in [-0.39, 0.29) is 5.56 Å². The molecule has 1 saturated heterocycles. The van der Waals surface area contributed by atoms with Gasteiger partial charge in [0.05, 0.1) is 0 Å². The summed E-state index contributed by atoms with van der Waals surface area (Å²) in [5.74, 6) is 1.44. The fourth-order valence-corrected chi connectivity index (χ4v) is 5.37. The third-order valence-corrected chi connectivity index (χ3v) is 7.33. The summed E-state index contributed by atoms with van der Waals surface area (Å²) in [6.07, 6.45) is 8.96. The van der Waals surface area contributed by atoms with Crippen LogP contribution in [-0.4, -0.2) is 54.6 Å². The van der Waals surface area contributed by atoms with Gasteiger partial charge in [-0.2, -0.15) is 0 Å². The molecule has 0 radical (unpaired) electrons. The van der Waals surface area contributed by atoms with Gasteiger partial charge in [-0.3, -0.25) is 4.79 Å². The van der Waals surface area contributed by atoms with Gasteiger partial charge in [-0.25, -0.2) is 0 Å². The van der Waals surface area contributed by atoms with Gasteiger partial charge in [-0.1, -0.05) is 32.3 Å². The van der Waals surface area contributed by atoms with Crippen molar-refractivity contribution in [2.24, 2.45) is 5.92 Å². The van der Waals surface area contributed by atoms with Crippen molar-refractivity contribution in [2.75, 3.05) is 39.8 Å². The Morgan fingerprint density at radius 2 is 1.83 bits per heavy atom. The number of hydrogen-bond donors (Lipinski definition) is 1. The highest BCUT2D eigenvalue weighted by atomic mass is 16.1. The van der Waals surface area contributed by atoms with Crippen LogP contribution in [0.2, 0.25) is 0 Å². The van der Waals surface area contributed by atoms with Gasteiger partial charge >= 0.3 is 0 Å². The lowest BCUT2D eigenvalue weighted by Gasteiger charge is -2.35. The molecule has 1 saturated carbocycles. The molecule has 4 nitrogen and oxygen atoms in total. The number of nitrogens with one attached hydrogen (secondary N) is 1. The Balaban J connectivity index is 1.57. The smallest absolute Gasteiger partial charge is 0.251 e. The molecule has 2 aromatic rings. The van der Waals surface area contributed by atoms with Crippen molar-refractivity contribution >= 4 is 10.9 Å². The van der Waals surface area contributed by atoms with E-state index in [0.717, 1.165) is 23.4 Å². The molecule has 1 aliphatic heterocycles. The van der Waals surface area contributed by atoms with Crippen LogP contribution < -0.4 is 5.56 Å². The van der Waals surface area contributed by atoms with Gasteiger partial charge in [0.15, 0.2) is 0 Å². The molecule has 0 amide bonds. The Hall–Kier alpha value is -1.65. The van der Waals surface area contributed by atoms with Crippen molar-refractivity contribution < 1.29 is 0 Å². The lowest BCUT2D eigenvalue weighted by molar-refractivity contribution is 0.144. The summed E-state index contributed by atoms with van der Waals surface area (Å²) in [4.78, 5) is 20.3. The molecule has 1 aromatic carbocycles. The van der Waals surface area contributed by atoms with Crippen LogP contribution in [0.3, 0.4) is 0 Å². The number of nitrogens with zero attached hydrogens (tertiary/aromatic N) is 2. The summed E-state index contributed by atoms with van der Waals surface area (Å²) in [6.45, 7) is 8.05. The lowest BCUT2D eigenvalue weighted by Crippen LogP contribution is -2.45. The number of likely N-dealkylation sites (N-methyl/N-ethyl adjacent to an activating group) is 1. The third kappa shape index (κ3) is 4.92. The highest BCUT2D eigenvalue weighted by Gasteiger charge is 2.26. The topological polar surface area (TPSA) is 39.3 Å². The second-order valence-electron chi connectivity index (χ2n) is 9.26. The van der Waals surface area contributed by atoms with E-state index in [1.807, 2.05) is 0 Å². The minimum Gasteiger partial charge on any atom is -0.322 e. The minimum atomic E-state index is 0.0617. The number of aryl methyl sites for hydroxylation is 1. The summed E-state index contributed by atoms with van der Waals surface area (Å²) in [5.41, 5.74) is 3.40. The number of hydrogen-bond acceptors (Lipinski definition) is 3. The van der Waals surface area contributed by atoms with E-state index in [1.54, 1.807) is 0 Å². The molecule has 0 spiro atoms. The average molecular weight is 396 g/mol. The molecule has 1 unspecified atom stereocenters. The summed E-state index contributed by atoms with van der Waals surface area (Å²) in [5, 5.41) is 1.19. The van der Waals surface area contributed by atoms with Gasteiger partial charge in [0, 0.05) is 37.3 Å². The quantitative estimate of drug-likeness (QED) is 0.788. The van der Waals surface area contributed by atoms with Crippen LogP contribution in [-0.2, 0) is 6.42 Å². The SMILES string of the molecule is CCc1cc2cc(C(CCN3CCN(C)CC3)C3CCCCC3)ccc2[nH]c1=O. The Labute approximate surface area is 175 Å². The Bertz CT molecular complexity index is 860. The van der Waals surface area contributed by atoms with E-state index in [2.05, 4.69) is 53.0 Å². The normalized spacial score (nSPS) is 20.9. The number of rotatable bonds is 6. The minimum absolute atomic E-state index is 0.0617. The van der Waals surface area contributed by atoms with Gasteiger partial charge in [0.2, 0.25) is 0 Å². The molecule has 1 aromatic heterocycles. The van der Waals surface area contributed by atoms with Crippen LogP contribution in [0, 0.1) is 5.92 Å². The number of H-pyrrole nitrogens is 1. The van der Waals surface area contributed by atoms with Crippen LogP contribution in [0.5, 0.6) is 0 Å². The standard InChI is InChI=1S/C25H37N3O/c1-3-19-17-22-18-21(9-10-24(22)26-25(19)29)23(20-7-5-4-6-8-20)11-12-28-15-13-27(2)14-16-28/h9-10,17-18,20,23H,3-8,11-16H2,1-2H3,(H,26,29). The van der Waals surface area contributed by atoms with Crippen LogP contribution in [0.4, 0.5) is 0 Å². The molecule has 2 fully saturated rings. The van der Waals surface area contributed by atoms with Crippen LogP contribution in [0.15, 0.2) is 29.1 Å². The fraction of sp³-hybridized carbons (Fsp3) is 0.640. The Morgan fingerprint density at radius 3 is 2.55 bits per heavy atom. The number of piperazine rings is 1. The average Bonchev–Trinajstić information content (AvgIpc) is 2.75. The maximum atomic E-state index is 12.2. The van der Waals surface area contributed by atoms with Gasteiger partial charge in [0.25, 0.3) is 5.56 Å². The van der Waals surface area contributed by atoms with Crippen LogP contribution in [0.25, 0.3) is 10.9 Å². The lowest BCUT2D eigenvalue weighted by atomic mass is 9.75. The van der Waals surface area contributed by atoms with E-state index in [4.69, 9.17) is 0 Å². The largest absolute Gasteiger partial charge is 0.322 e. The first-order chi connectivity index (χ1) is 14.1. The molecule has 1 N–H and O–H groups in total. The first-order valence-corrected chi connectivity index (χ1v) is 11.7. The Morgan fingerprint density at radius 1 is 1.07 bits per heavy atom. The molecule has 2 heterocycles. The van der Waals surface area contributed by atoms with Crippen molar-refractivity contribution in [1.29, 1.82) is 0 Å². The number of aromatic amines is 1. The van der Waals surface area contributed by atoms with Crippen LogP contribution >= 0.6 is 0 Å². The zero-order valence-electron chi connectivity index (χ0n) is 18.3. The Kier molecular flexibility index (Phi) is 6.71. The number of pyridine rings is 1. The first-order valence-electron chi connectivity index (χ1n) is 11.7. The molecule has 4 rings (SSSR count). The second-order valence-corrected chi connectivity index (χ2v) is 9.26. The first kappa shape index (κ1) is 20.6. The van der Waals surface area contributed by atoms with Gasteiger partial charge in [0.1, 0.15) is 0 Å². The summed E-state index contributed by atoms with van der Waals surface area (Å²) < 4.78 is 0. The highest BCUT2D eigenvalue weighted by Crippen LogP contribution is 2.39. The van der Waals surface area contributed by atoms with Crippen LogP contribution in [0.1, 0.15) is 62.5 Å². The fourth-order valence-electron chi connectivity index (χ4n) is 5.37. The predicted octanol–water partition coefficient (Wildman–Crippen LogP) is 4.39. The summed E-state index contributed by atoms with van der Waals surface area (Å²) >= 11 is 0. The number of benzene rings is 1. The maximum absolute atomic E-state index is 12.2. The van der Waals surface area contributed by atoms with Crippen molar-refractivity contribution in [1.82, 2.24) is 14.8 Å². The van der Waals surface area contributed by atoms with E-state index >= 15 is 0 Å². The second kappa shape index (κ2) is 9.44. The molecule has 2 aliphatic rings. The molecular weight excluding hydrogens is 358 g/mol. The van der Waals surface area contributed by atoms with Gasteiger partial charge in [-0.15, -0.1) is 0 Å². The molecule has 0 bridgehead atoms. The predicted molar refractivity (Wildman–Crippen MR) is 122 cm³/mol. The highest BCUT2D eigenvalue weighted by molar-refractivity contribution is 5.79. The van der Waals surface area contributed by atoms with Crippen molar-refractivity contribution in [3.05, 3.63) is 45.7 Å². The third-order valence-electron chi connectivity index (χ3n) is 7.33. The zero-order valence-corrected chi connectivity index (χ0v) is 18.3. The maximum Gasteiger partial charge on any atom is 0.251 e. The van der Waals surface area contributed by atoms with Crippen molar-refractivity contribution in [3.63, 3.8) is 0 Å². The molecule has 158 valence electrons. The van der Waals surface area contributed by atoms with Crippen molar-refractivity contribution in [2.45, 2.75) is 57.8 Å².